The fraction of sp³-hybridized carbons (Fsp3) is 0.391. The van der Waals surface area contributed by atoms with Crippen LogP contribution >= 0.6 is 0 Å². The Kier molecular flexibility index (Phi) is 5.05. The molecule has 1 aliphatic carbocycles. The van der Waals surface area contributed by atoms with Crippen LogP contribution in [0.4, 0.5) is 11.5 Å². The van der Waals surface area contributed by atoms with Crippen LogP contribution in [0.5, 0.6) is 0 Å². The maximum absolute atomic E-state index is 12.5. The van der Waals surface area contributed by atoms with Crippen LogP contribution in [0.3, 0.4) is 0 Å². The van der Waals surface area contributed by atoms with Crippen molar-refractivity contribution in [1.29, 1.82) is 0 Å². The van der Waals surface area contributed by atoms with Gasteiger partial charge in [0.05, 0.1) is 5.52 Å². The zero-order chi connectivity index (χ0) is 21.4. The number of carbonyl (C=O) groups is 2. The van der Waals surface area contributed by atoms with Gasteiger partial charge in [-0.3, -0.25) is 9.59 Å². The van der Waals surface area contributed by atoms with Gasteiger partial charge in [-0.25, -0.2) is 9.97 Å². The topological polar surface area (TPSA) is 106 Å². The molecule has 2 amide bonds. The standard InChI is InChI=1S/C23H26N6O2/c24-23-22-21(25-13-26-23)18-2-1-3-19(18)29(22)17-6-4-16(5-7-17)27-20(31)12-15-8-10-28(14-30)11-9-15/h4-7,13-15H,1-3,8-12H2,(H,27,31)(H2,24,25,26). The lowest BCUT2D eigenvalue weighted by molar-refractivity contribution is -0.120. The molecule has 0 bridgehead atoms. The minimum atomic E-state index is 0.0160. The van der Waals surface area contributed by atoms with E-state index < -0.39 is 0 Å². The summed E-state index contributed by atoms with van der Waals surface area (Å²) in [5.41, 5.74) is 12.3. The largest absolute Gasteiger partial charge is 0.382 e. The Morgan fingerprint density at radius 2 is 1.94 bits per heavy atom. The van der Waals surface area contributed by atoms with Crippen molar-refractivity contribution in [2.24, 2.45) is 5.92 Å². The maximum Gasteiger partial charge on any atom is 0.224 e. The number of piperidine rings is 1. The van der Waals surface area contributed by atoms with Crippen molar-refractivity contribution in [1.82, 2.24) is 19.4 Å². The van der Waals surface area contributed by atoms with Crippen LogP contribution in [0.1, 0.15) is 36.9 Å². The van der Waals surface area contributed by atoms with Gasteiger partial charge in [0, 0.05) is 36.6 Å². The molecule has 1 aromatic carbocycles. The van der Waals surface area contributed by atoms with Crippen LogP contribution in [-0.4, -0.2) is 44.8 Å². The quantitative estimate of drug-likeness (QED) is 0.620. The Bertz CT molecular complexity index is 1130. The van der Waals surface area contributed by atoms with Gasteiger partial charge in [0.1, 0.15) is 11.8 Å². The molecule has 2 aliphatic rings. The number of nitrogens with zero attached hydrogens (tertiary/aromatic N) is 4. The Balaban J connectivity index is 1.32. The molecule has 1 fully saturated rings. The van der Waals surface area contributed by atoms with Gasteiger partial charge in [-0.05, 0) is 67.9 Å². The van der Waals surface area contributed by atoms with E-state index in [0.717, 1.165) is 74.0 Å². The maximum atomic E-state index is 12.5. The predicted octanol–water partition coefficient (Wildman–Crippen LogP) is 2.69. The van der Waals surface area contributed by atoms with E-state index in [1.54, 1.807) is 4.90 Å². The number of likely N-dealkylation sites (tertiary alicyclic amines) is 1. The molecule has 8 nitrogen and oxygen atoms in total. The summed E-state index contributed by atoms with van der Waals surface area (Å²) in [5.74, 6) is 0.826. The van der Waals surface area contributed by atoms with Crippen molar-refractivity contribution in [3.8, 4) is 5.69 Å². The van der Waals surface area contributed by atoms with Crippen molar-refractivity contribution >= 4 is 34.9 Å². The van der Waals surface area contributed by atoms with Crippen LogP contribution in [0, 0.1) is 5.92 Å². The molecule has 160 valence electrons. The van der Waals surface area contributed by atoms with Crippen molar-refractivity contribution in [2.75, 3.05) is 24.1 Å². The number of rotatable bonds is 5. The molecular formula is C23H26N6O2. The number of nitrogens with one attached hydrogen (secondary N) is 1. The summed E-state index contributed by atoms with van der Waals surface area (Å²) in [6.07, 6.45) is 7.77. The second-order valence-electron chi connectivity index (χ2n) is 8.45. The van der Waals surface area contributed by atoms with E-state index in [1.165, 1.54) is 17.6 Å². The summed E-state index contributed by atoms with van der Waals surface area (Å²) in [7, 11) is 0. The number of anilines is 2. The number of hydrogen-bond acceptors (Lipinski definition) is 5. The van der Waals surface area contributed by atoms with Crippen molar-refractivity contribution < 1.29 is 9.59 Å². The number of nitrogens with two attached hydrogens (primary N) is 1. The van der Waals surface area contributed by atoms with E-state index in [9.17, 15) is 9.59 Å². The Labute approximate surface area is 180 Å². The van der Waals surface area contributed by atoms with Gasteiger partial charge in [-0.1, -0.05) is 0 Å². The highest BCUT2D eigenvalue weighted by Gasteiger charge is 2.25. The molecule has 8 heteroatoms. The lowest BCUT2D eigenvalue weighted by Gasteiger charge is -2.28. The fourth-order valence-electron chi connectivity index (χ4n) is 4.91. The molecule has 3 aromatic rings. The molecule has 0 spiro atoms. The molecule has 0 saturated carbocycles. The van der Waals surface area contributed by atoms with Crippen LogP contribution in [0.2, 0.25) is 0 Å². The zero-order valence-electron chi connectivity index (χ0n) is 17.4. The molecule has 3 N–H and O–H groups in total. The summed E-state index contributed by atoms with van der Waals surface area (Å²) in [4.78, 5) is 33.8. The Hall–Kier alpha value is -3.42. The van der Waals surface area contributed by atoms with Crippen molar-refractivity contribution in [3.05, 3.63) is 41.9 Å². The minimum absolute atomic E-state index is 0.0160. The van der Waals surface area contributed by atoms with Gasteiger partial charge in [0.15, 0.2) is 5.82 Å². The number of aryl methyl sites for hydroxylation is 1. The predicted molar refractivity (Wildman–Crippen MR) is 119 cm³/mol. The highest BCUT2D eigenvalue weighted by Crippen LogP contribution is 2.36. The summed E-state index contributed by atoms with van der Waals surface area (Å²) < 4.78 is 2.17. The SMILES string of the molecule is Nc1ncnc2c3c(n(-c4ccc(NC(=O)CC5CCN(C=O)CC5)cc4)c12)CCC3. The van der Waals surface area contributed by atoms with Crippen molar-refractivity contribution in [3.63, 3.8) is 0 Å². The Morgan fingerprint density at radius 1 is 1.16 bits per heavy atom. The summed E-state index contributed by atoms with van der Waals surface area (Å²) in [5, 5.41) is 3.01. The molecule has 1 saturated heterocycles. The second kappa shape index (κ2) is 8.02. The van der Waals surface area contributed by atoms with Gasteiger partial charge in [-0.15, -0.1) is 0 Å². The minimum Gasteiger partial charge on any atom is -0.382 e. The summed E-state index contributed by atoms with van der Waals surface area (Å²) in [6, 6.07) is 7.86. The number of nitrogen functional groups attached to an aromatic ring is 1. The van der Waals surface area contributed by atoms with Gasteiger partial charge in [0.2, 0.25) is 12.3 Å². The fourth-order valence-corrected chi connectivity index (χ4v) is 4.91. The number of benzene rings is 1. The van der Waals surface area contributed by atoms with Crippen LogP contribution in [0.25, 0.3) is 16.7 Å². The van der Waals surface area contributed by atoms with Gasteiger partial charge >= 0.3 is 0 Å². The van der Waals surface area contributed by atoms with Gasteiger partial charge in [0.25, 0.3) is 0 Å². The smallest absolute Gasteiger partial charge is 0.224 e. The third-order valence-electron chi connectivity index (χ3n) is 6.50. The van der Waals surface area contributed by atoms with E-state index in [4.69, 9.17) is 5.73 Å². The first kappa shape index (κ1) is 19.5. The number of hydrogen-bond donors (Lipinski definition) is 2. The van der Waals surface area contributed by atoms with E-state index in [-0.39, 0.29) is 5.91 Å². The van der Waals surface area contributed by atoms with E-state index >= 15 is 0 Å². The molecule has 0 radical (unpaired) electrons. The first-order chi connectivity index (χ1) is 15.1. The lowest BCUT2D eigenvalue weighted by atomic mass is 9.93. The van der Waals surface area contributed by atoms with Crippen LogP contribution in [0.15, 0.2) is 30.6 Å². The molecule has 0 atom stereocenters. The van der Waals surface area contributed by atoms with Gasteiger partial charge in [-0.2, -0.15) is 0 Å². The lowest BCUT2D eigenvalue weighted by Crippen LogP contribution is -2.33. The second-order valence-corrected chi connectivity index (χ2v) is 8.45. The highest BCUT2D eigenvalue weighted by atomic mass is 16.1. The molecule has 2 aromatic heterocycles. The third-order valence-corrected chi connectivity index (χ3v) is 6.50. The van der Waals surface area contributed by atoms with E-state index in [1.807, 2.05) is 24.3 Å². The van der Waals surface area contributed by atoms with E-state index in [0.29, 0.717) is 18.2 Å². The number of fused-ring (bicyclic) bond motifs is 3. The number of aromatic nitrogens is 3. The molecule has 5 rings (SSSR count). The summed E-state index contributed by atoms with van der Waals surface area (Å²) >= 11 is 0. The first-order valence-electron chi connectivity index (χ1n) is 10.9. The van der Waals surface area contributed by atoms with E-state index in [2.05, 4.69) is 19.9 Å². The molecule has 3 heterocycles. The molecule has 31 heavy (non-hydrogen) atoms. The number of carbonyl (C=O) groups excluding carboxylic acids is 2. The van der Waals surface area contributed by atoms with Crippen molar-refractivity contribution in [2.45, 2.75) is 38.5 Å². The first-order valence-corrected chi connectivity index (χ1v) is 10.9. The molecule has 0 unspecified atom stereocenters. The van der Waals surface area contributed by atoms with Crippen LogP contribution < -0.4 is 11.1 Å². The van der Waals surface area contributed by atoms with Crippen LogP contribution in [-0.2, 0) is 22.4 Å². The summed E-state index contributed by atoms with van der Waals surface area (Å²) in [6.45, 7) is 1.47. The normalized spacial score (nSPS) is 16.5. The zero-order valence-corrected chi connectivity index (χ0v) is 17.4. The molecular weight excluding hydrogens is 392 g/mol. The average Bonchev–Trinajstić information content (AvgIpc) is 3.37. The van der Waals surface area contributed by atoms with Gasteiger partial charge < -0.3 is 20.5 Å². The Morgan fingerprint density at radius 3 is 2.68 bits per heavy atom. The average molecular weight is 419 g/mol. The monoisotopic (exact) mass is 418 g/mol. The number of amides is 2. The molecule has 1 aliphatic heterocycles. The third kappa shape index (κ3) is 3.62. The highest BCUT2D eigenvalue weighted by molar-refractivity contribution is 5.92.